The molecule has 28 heavy (non-hydrogen) atoms. The van der Waals surface area contributed by atoms with E-state index in [1.807, 2.05) is 17.9 Å². The Kier molecular flexibility index (Phi) is 5.95. The first-order chi connectivity index (χ1) is 13.3. The number of aromatic carboxylic acids is 1. The number of halogens is 1. The van der Waals surface area contributed by atoms with Crippen LogP contribution in [-0.4, -0.2) is 64.3 Å². The summed E-state index contributed by atoms with van der Waals surface area (Å²) in [6, 6.07) is 1.62. The third kappa shape index (κ3) is 4.00. The molecular formula is C18H24ClN5O4. The number of carbonyl (C=O) groups is 2. The molecule has 152 valence electrons. The smallest absolute Gasteiger partial charge is 0.352 e. The zero-order valence-corrected chi connectivity index (χ0v) is 16.8. The molecule has 3 rings (SSSR count). The maximum absolute atomic E-state index is 12.5. The summed E-state index contributed by atoms with van der Waals surface area (Å²) in [5.41, 5.74) is 1.58. The number of rotatable bonds is 6. The third-order valence-electron chi connectivity index (χ3n) is 5.03. The number of carboxylic acids is 1. The fraction of sp³-hybridized carbons (Fsp3) is 0.500. The minimum atomic E-state index is -0.988. The summed E-state index contributed by atoms with van der Waals surface area (Å²) in [5.74, 6) is -0.402. The predicted molar refractivity (Wildman–Crippen MR) is 104 cm³/mol. The van der Waals surface area contributed by atoms with E-state index in [9.17, 15) is 14.7 Å². The first kappa shape index (κ1) is 20.2. The lowest BCUT2D eigenvalue weighted by molar-refractivity contribution is 0.0536. The van der Waals surface area contributed by atoms with Gasteiger partial charge >= 0.3 is 5.97 Å². The van der Waals surface area contributed by atoms with Gasteiger partial charge in [-0.25, -0.2) is 9.78 Å². The molecule has 2 unspecified atom stereocenters. The number of hydrogen-bond acceptors (Lipinski definition) is 5. The van der Waals surface area contributed by atoms with Gasteiger partial charge in [-0.2, -0.15) is 0 Å². The molecule has 1 saturated heterocycles. The number of piperidine rings is 1. The highest BCUT2D eigenvalue weighted by atomic mass is 35.5. The van der Waals surface area contributed by atoms with E-state index in [0.717, 1.165) is 11.5 Å². The molecule has 9 nitrogen and oxygen atoms in total. The van der Waals surface area contributed by atoms with Gasteiger partial charge in [0, 0.05) is 20.2 Å². The lowest BCUT2D eigenvalue weighted by Gasteiger charge is -2.38. The fourth-order valence-corrected chi connectivity index (χ4v) is 3.70. The standard InChI is InChI=1S/C18H24ClN5O4/c1-4-10-15(19)23-16(20-10)17(25)21-11-5-6-24(8-12(11)28-3)13-7-9(2)14(22-13)18(26)27/h7,11-12,22H,4-6,8H2,1-3H3,(H,20,23)(H,21,25)(H,26,27). The van der Waals surface area contributed by atoms with Crippen LogP contribution in [0.3, 0.4) is 0 Å². The molecule has 1 amide bonds. The summed E-state index contributed by atoms with van der Waals surface area (Å²) in [6.45, 7) is 4.83. The van der Waals surface area contributed by atoms with E-state index in [-0.39, 0.29) is 29.6 Å². The zero-order valence-electron chi connectivity index (χ0n) is 16.0. The van der Waals surface area contributed by atoms with Crippen LogP contribution in [-0.2, 0) is 11.2 Å². The van der Waals surface area contributed by atoms with Gasteiger partial charge in [0.25, 0.3) is 5.91 Å². The molecule has 2 aromatic rings. The SMILES string of the molecule is CCc1[nH]c(C(=O)NC2CCN(c3cc(C)c(C(=O)O)[nH]3)CC2OC)nc1Cl. The largest absolute Gasteiger partial charge is 0.477 e. The Hall–Kier alpha value is -2.52. The van der Waals surface area contributed by atoms with Gasteiger partial charge in [0.1, 0.15) is 11.5 Å². The van der Waals surface area contributed by atoms with Gasteiger partial charge in [-0.3, -0.25) is 4.79 Å². The van der Waals surface area contributed by atoms with Crippen LogP contribution in [0.1, 0.15) is 45.7 Å². The number of carboxylic acid groups (broad SMARTS) is 1. The maximum Gasteiger partial charge on any atom is 0.352 e. The Morgan fingerprint density at radius 1 is 1.46 bits per heavy atom. The number of aromatic nitrogens is 3. The van der Waals surface area contributed by atoms with Crippen molar-refractivity contribution in [3.8, 4) is 0 Å². The van der Waals surface area contributed by atoms with E-state index in [4.69, 9.17) is 16.3 Å². The molecule has 1 fully saturated rings. The molecule has 0 radical (unpaired) electrons. The van der Waals surface area contributed by atoms with E-state index in [1.165, 1.54) is 0 Å². The first-order valence-electron chi connectivity index (χ1n) is 9.09. The minimum Gasteiger partial charge on any atom is -0.477 e. The molecule has 0 aromatic carbocycles. The van der Waals surface area contributed by atoms with Crippen LogP contribution in [0, 0.1) is 6.92 Å². The maximum atomic E-state index is 12.5. The van der Waals surface area contributed by atoms with Gasteiger partial charge in [0.2, 0.25) is 0 Å². The topological polar surface area (TPSA) is 123 Å². The van der Waals surface area contributed by atoms with Crippen LogP contribution < -0.4 is 10.2 Å². The van der Waals surface area contributed by atoms with Crippen molar-refractivity contribution in [1.82, 2.24) is 20.3 Å². The molecule has 2 atom stereocenters. The minimum absolute atomic E-state index is 0.181. The van der Waals surface area contributed by atoms with Crippen molar-refractivity contribution in [3.05, 3.63) is 34.0 Å². The highest BCUT2D eigenvalue weighted by Crippen LogP contribution is 2.24. The lowest BCUT2D eigenvalue weighted by atomic mass is 10.0. The monoisotopic (exact) mass is 409 g/mol. The highest BCUT2D eigenvalue weighted by molar-refractivity contribution is 6.30. The van der Waals surface area contributed by atoms with E-state index in [1.54, 1.807) is 14.0 Å². The van der Waals surface area contributed by atoms with Crippen molar-refractivity contribution in [1.29, 1.82) is 0 Å². The van der Waals surface area contributed by atoms with Gasteiger partial charge < -0.3 is 30.0 Å². The van der Waals surface area contributed by atoms with E-state index in [0.29, 0.717) is 36.6 Å². The molecule has 4 N–H and O–H groups in total. The number of amides is 1. The number of methoxy groups -OCH3 is 1. The molecule has 0 spiro atoms. The van der Waals surface area contributed by atoms with Gasteiger partial charge in [-0.15, -0.1) is 0 Å². The molecule has 1 aliphatic heterocycles. The van der Waals surface area contributed by atoms with Gasteiger partial charge in [0.15, 0.2) is 11.0 Å². The number of carbonyl (C=O) groups excluding carboxylic acids is 1. The van der Waals surface area contributed by atoms with Gasteiger partial charge in [-0.1, -0.05) is 18.5 Å². The highest BCUT2D eigenvalue weighted by Gasteiger charge is 2.32. The number of anilines is 1. The van der Waals surface area contributed by atoms with Crippen LogP contribution in [0.25, 0.3) is 0 Å². The number of imidazole rings is 1. The lowest BCUT2D eigenvalue weighted by Crippen LogP contribution is -2.55. The van der Waals surface area contributed by atoms with Gasteiger partial charge in [-0.05, 0) is 31.4 Å². The second-order valence-corrected chi connectivity index (χ2v) is 7.17. The van der Waals surface area contributed by atoms with Crippen molar-refractivity contribution in [2.75, 3.05) is 25.1 Å². The molecule has 10 heteroatoms. The summed E-state index contributed by atoms with van der Waals surface area (Å²) in [7, 11) is 1.59. The number of hydrogen-bond donors (Lipinski definition) is 4. The normalized spacial score (nSPS) is 19.6. The Morgan fingerprint density at radius 2 is 2.21 bits per heavy atom. The number of aromatic amines is 2. The van der Waals surface area contributed by atoms with Crippen LogP contribution in [0.15, 0.2) is 6.07 Å². The second kappa shape index (κ2) is 8.24. The Morgan fingerprint density at radius 3 is 2.79 bits per heavy atom. The molecular weight excluding hydrogens is 386 g/mol. The Labute approximate surface area is 167 Å². The molecule has 0 bridgehead atoms. The van der Waals surface area contributed by atoms with E-state index < -0.39 is 5.97 Å². The molecule has 0 saturated carbocycles. The van der Waals surface area contributed by atoms with Crippen LogP contribution in [0.4, 0.5) is 5.82 Å². The molecule has 0 aliphatic carbocycles. The summed E-state index contributed by atoms with van der Waals surface area (Å²) in [6.07, 6.45) is 1.04. The van der Waals surface area contributed by atoms with E-state index >= 15 is 0 Å². The number of aryl methyl sites for hydroxylation is 2. The molecule has 1 aliphatic rings. The number of H-pyrrole nitrogens is 2. The van der Waals surface area contributed by atoms with Crippen molar-refractivity contribution in [2.45, 2.75) is 38.8 Å². The van der Waals surface area contributed by atoms with Crippen molar-refractivity contribution < 1.29 is 19.4 Å². The summed E-state index contributed by atoms with van der Waals surface area (Å²) in [5, 5.41) is 12.5. The predicted octanol–water partition coefficient (Wildman–Crippen LogP) is 1.98. The number of nitrogens with zero attached hydrogens (tertiary/aromatic N) is 2. The average Bonchev–Trinajstić information content (AvgIpc) is 3.24. The van der Waals surface area contributed by atoms with Crippen molar-refractivity contribution >= 4 is 29.3 Å². The summed E-state index contributed by atoms with van der Waals surface area (Å²) < 4.78 is 5.58. The third-order valence-corrected chi connectivity index (χ3v) is 5.34. The number of ether oxygens (including phenoxy) is 1. The van der Waals surface area contributed by atoms with Gasteiger partial charge in [0.05, 0.1) is 17.8 Å². The van der Waals surface area contributed by atoms with Crippen molar-refractivity contribution in [3.63, 3.8) is 0 Å². The Balaban J connectivity index is 1.68. The van der Waals surface area contributed by atoms with Crippen LogP contribution in [0.5, 0.6) is 0 Å². The number of nitrogens with one attached hydrogen (secondary N) is 3. The molecule has 2 aromatic heterocycles. The molecule has 3 heterocycles. The average molecular weight is 410 g/mol. The second-order valence-electron chi connectivity index (χ2n) is 6.81. The Bertz CT molecular complexity index is 877. The van der Waals surface area contributed by atoms with E-state index in [2.05, 4.69) is 20.3 Å². The fourth-order valence-electron chi connectivity index (χ4n) is 3.44. The quantitative estimate of drug-likeness (QED) is 0.578. The first-order valence-corrected chi connectivity index (χ1v) is 9.47. The summed E-state index contributed by atoms with van der Waals surface area (Å²) >= 11 is 6.01. The summed E-state index contributed by atoms with van der Waals surface area (Å²) in [4.78, 5) is 35.8. The van der Waals surface area contributed by atoms with Crippen molar-refractivity contribution in [2.24, 2.45) is 0 Å². The zero-order chi connectivity index (χ0) is 20.4. The van der Waals surface area contributed by atoms with Crippen LogP contribution in [0.2, 0.25) is 5.15 Å². The van der Waals surface area contributed by atoms with Crippen LogP contribution >= 0.6 is 11.6 Å².